The molecule has 1 aromatic rings. The predicted octanol–water partition coefficient (Wildman–Crippen LogP) is 0.965. The number of hydrogen-bond donors (Lipinski definition) is 2. The number of halogens is 3. The smallest absolute Gasteiger partial charge is 0.327 e. The Morgan fingerprint density at radius 3 is 2.75 bits per heavy atom. The van der Waals surface area contributed by atoms with Crippen molar-refractivity contribution in [3.8, 4) is 11.8 Å². The van der Waals surface area contributed by atoms with Gasteiger partial charge in [0, 0.05) is 11.8 Å². The first-order chi connectivity index (χ1) is 7.45. The highest BCUT2D eigenvalue weighted by Crippen LogP contribution is 2.26. The van der Waals surface area contributed by atoms with Crippen LogP contribution in [0.2, 0.25) is 0 Å². The van der Waals surface area contributed by atoms with E-state index in [0.29, 0.717) is 6.54 Å². The predicted molar refractivity (Wildman–Crippen MR) is 52.9 cm³/mol. The number of rotatable bonds is 1. The van der Waals surface area contributed by atoms with Gasteiger partial charge in [0.15, 0.2) is 0 Å². The lowest BCUT2D eigenvalue weighted by Gasteiger charge is -2.04. The van der Waals surface area contributed by atoms with Crippen molar-refractivity contribution < 1.29 is 13.2 Å². The van der Waals surface area contributed by atoms with Crippen LogP contribution in [-0.2, 0) is 6.18 Å². The molecule has 1 aromatic heterocycles. The molecule has 1 heterocycles. The summed E-state index contributed by atoms with van der Waals surface area (Å²) in [6.07, 6.45) is -3.51. The quantitative estimate of drug-likeness (QED) is 0.706. The lowest BCUT2D eigenvalue weighted by atomic mass is 10.2. The molecule has 1 rings (SSSR count). The maximum Gasteiger partial charge on any atom is 0.421 e. The molecule has 0 amide bonds. The molecule has 0 bridgehead atoms. The highest BCUT2D eigenvalue weighted by Gasteiger charge is 2.33. The molecule has 86 valence electrons. The summed E-state index contributed by atoms with van der Waals surface area (Å²) in [4.78, 5) is 12.9. The van der Waals surface area contributed by atoms with E-state index in [4.69, 9.17) is 0 Å². The van der Waals surface area contributed by atoms with Crippen molar-refractivity contribution in [2.24, 2.45) is 0 Å². The summed E-state index contributed by atoms with van der Waals surface area (Å²) in [7, 11) is 1.67. The van der Waals surface area contributed by atoms with Crippen LogP contribution in [0.5, 0.6) is 0 Å². The molecule has 6 heteroatoms. The van der Waals surface area contributed by atoms with Gasteiger partial charge in [-0.2, -0.15) is 13.2 Å². The molecule has 0 radical (unpaired) electrons. The molecular weight excluding hydrogens is 221 g/mol. The molecule has 0 aromatic carbocycles. The molecule has 3 nitrogen and oxygen atoms in total. The first kappa shape index (κ1) is 12.3. The Labute approximate surface area is 89.7 Å². The van der Waals surface area contributed by atoms with E-state index >= 15 is 0 Å². The van der Waals surface area contributed by atoms with Gasteiger partial charge in [0.25, 0.3) is 5.56 Å². The van der Waals surface area contributed by atoms with E-state index in [9.17, 15) is 18.0 Å². The van der Waals surface area contributed by atoms with Gasteiger partial charge in [-0.3, -0.25) is 4.79 Å². The number of alkyl halides is 3. The fourth-order valence-electron chi connectivity index (χ4n) is 1.00. The SMILES string of the molecule is CNCC#Cc1c[nH]c(=O)c(C(F)(F)F)c1. The van der Waals surface area contributed by atoms with Crippen molar-refractivity contribution in [2.75, 3.05) is 13.6 Å². The Balaban J connectivity index is 3.10. The maximum atomic E-state index is 12.3. The summed E-state index contributed by atoms with van der Waals surface area (Å²) in [6.45, 7) is 0.362. The molecule has 0 atom stereocenters. The van der Waals surface area contributed by atoms with E-state index in [-0.39, 0.29) is 5.56 Å². The average Bonchev–Trinajstić information content (AvgIpc) is 2.19. The van der Waals surface area contributed by atoms with Crippen LogP contribution in [0.4, 0.5) is 13.2 Å². The normalized spacial score (nSPS) is 10.8. The number of pyridine rings is 1. The van der Waals surface area contributed by atoms with Gasteiger partial charge in [0.1, 0.15) is 5.56 Å². The fourth-order valence-corrected chi connectivity index (χ4v) is 1.00. The van der Waals surface area contributed by atoms with Crippen LogP contribution < -0.4 is 10.9 Å². The molecule has 0 fully saturated rings. The average molecular weight is 230 g/mol. The van der Waals surface area contributed by atoms with Crippen LogP contribution in [0.1, 0.15) is 11.1 Å². The Kier molecular flexibility index (Phi) is 3.74. The number of aromatic nitrogens is 1. The third-order valence-corrected chi connectivity index (χ3v) is 1.71. The van der Waals surface area contributed by atoms with Crippen LogP contribution in [0.15, 0.2) is 17.1 Å². The molecule has 0 aliphatic carbocycles. The van der Waals surface area contributed by atoms with Gasteiger partial charge in [0.05, 0.1) is 6.54 Å². The lowest BCUT2D eigenvalue weighted by molar-refractivity contribution is -0.138. The van der Waals surface area contributed by atoms with Crippen molar-refractivity contribution in [1.82, 2.24) is 10.3 Å². The second-order valence-corrected chi connectivity index (χ2v) is 2.96. The largest absolute Gasteiger partial charge is 0.421 e. The highest BCUT2D eigenvalue weighted by molar-refractivity contribution is 5.35. The van der Waals surface area contributed by atoms with Crippen molar-refractivity contribution in [1.29, 1.82) is 0 Å². The van der Waals surface area contributed by atoms with E-state index < -0.39 is 17.3 Å². The van der Waals surface area contributed by atoms with Gasteiger partial charge in [-0.05, 0) is 13.1 Å². The van der Waals surface area contributed by atoms with E-state index in [1.807, 2.05) is 4.98 Å². The summed E-state index contributed by atoms with van der Waals surface area (Å²) in [6, 6.07) is 0.738. The molecule has 0 saturated heterocycles. The zero-order valence-electron chi connectivity index (χ0n) is 8.40. The highest BCUT2D eigenvalue weighted by atomic mass is 19.4. The van der Waals surface area contributed by atoms with E-state index in [2.05, 4.69) is 17.2 Å². The monoisotopic (exact) mass is 230 g/mol. The summed E-state index contributed by atoms with van der Waals surface area (Å²) in [5.41, 5.74) is -2.27. The summed E-state index contributed by atoms with van der Waals surface area (Å²) >= 11 is 0. The number of aromatic amines is 1. The maximum absolute atomic E-state index is 12.3. The minimum absolute atomic E-state index is 0.127. The minimum Gasteiger partial charge on any atom is -0.327 e. The van der Waals surface area contributed by atoms with Gasteiger partial charge in [0.2, 0.25) is 0 Å². The van der Waals surface area contributed by atoms with Gasteiger partial charge in [-0.25, -0.2) is 0 Å². The third kappa shape index (κ3) is 3.14. The van der Waals surface area contributed by atoms with Gasteiger partial charge in [-0.1, -0.05) is 11.8 Å². The zero-order chi connectivity index (χ0) is 12.2. The number of nitrogens with one attached hydrogen (secondary N) is 2. The zero-order valence-corrected chi connectivity index (χ0v) is 8.40. The minimum atomic E-state index is -4.66. The summed E-state index contributed by atoms with van der Waals surface area (Å²) in [5, 5.41) is 2.73. The molecule has 0 saturated carbocycles. The van der Waals surface area contributed by atoms with E-state index in [0.717, 1.165) is 12.3 Å². The fraction of sp³-hybridized carbons (Fsp3) is 0.300. The molecule has 0 spiro atoms. The Morgan fingerprint density at radius 1 is 1.50 bits per heavy atom. The van der Waals surface area contributed by atoms with Gasteiger partial charge < -0.3 is 10.3 Å². The molecule has 16 heavy (non-hydrogen) atoms. The van der Waals surface area contributed by atoms with Crippen LogP contribution in [-0.4, -0.2) is 18.6 Å². The van der Waals surface area contributed by atoms with Gasteiger partial charge >= 0.3 is 6.18 Å². The Morgan fingerprint density at radius 2 is 2.19 bits per heavy atom. The van der Waals surface area contributed by atoms with Crippen LogP contribution in [0.3, 0.4) is 0 Å². The topological polar surface area (TPSA) is 44.9 Å². The van der Waals surface area contributed by atoms with Crippen LogP contribution in [0.25, 0.3) is 0 Å². The number of hydrogen-bond acceptors (Lipinski definition) is 2. The van der Waals surface area contributed by atoms with E-state index in [1.54, 1.807) is 7.05 Å². The van der Waals surface area contributed by atoms with Crippen LogP contribution in [0, 0.1) is 11.8 Å². The first-order valence-corrected chi connectivity index (χ1v) is 4.38. The standard InChI is InChI=1S/C10H9F3N2O/c1-14-4-2-3-7-5-8(10(11,12)13)9(16)15-6-7/h5-6,14H,4H2,1H3,(H,15,16). The number of H-pyrrole nitrogens is 1. The van der Waals surface area contributed by atoms with Crippen molar-refractivity contribution in [3.05, 3.63) is 33.7 Å². The summed E-state index contributed by atoms with van der Waals surface area (Å²) in [5.74, 6) is 5.10. The molecule has 2 N–H and O–H groups in total. The Hall–Kier alpha value is -1.74. The van der Waals surface area contributed by atoms with Crippen molar-refractivity contribution in [3.63, 3.8) is 0 Å². The second-order valence-electron chi connectivity index (χ2n) is 2.96. The van der Waals surface area contributed by atoms with Crippen molar-refractivity contribution >= 4 is 0 Å². The van der Waals surface area contributed by atoms with Crippen LogP contribution >= 0.6 is 0 Å². The molecular formula is C10H9F3N2O. The van der Waals surface area contributed by atoms with Gasteiger partial charge in [-0.15, -0.1) is 0 Å². The molecule has 0 unspecified atom stereocenters. The second kappa shape index (κ2) is 4.86. The molecule has 0 aliphatic heterocycles. The third-order valence-electron chi connectivity index (χ3n) is 1.71. The van der Waals surface area contributed by atoms with E-state index in [1.165, 1.54) is 0 Å². The Bertz CT molecular complexity index is 479. The molecule has 0 aliphatic rings. The lowest BCUT2D eigenvalue weighted by Crippen LogP contribution is -2.21. The van der Waals surface area contributed by atoms with Crippen molar-refractivity contribution in [2.45, 2.75) is 6.18 Å². The first-order valence-electron chi connectivity index (χ1n) is 4.38. The summed E-state index contributed by atoms with van der Waals surface area (Å²) < 4.78 is 37.0.